The van der Waals surface area contributed by atoms with Gasteiger partial charge in [0.15, 0.2) is 0 Å². The molecule has 7 nitrogen and oxygen atoms in total. The van der Waals surface area contributed by atoms with E-state index in [0.717, 1.165) is 31.7 Å². The van der Waals surface area contributed by atoms with Crippen LogP contribution in [0.1, 0.15) is 41.4 Å². The van der Waals surface area contributed by atoms with E-state index >= 15 is 0 Å². The molecule has 0 saturated carbocycles. The largest absolute Gasteiger partial charge is 0.468 e. The maximum atomic E-state index is 12.8. The van der Waals surface area contributed by atoms with Crippen LogP contribution in [-0.2, 0) is 10.0 Å². The average Bonchev–Trinajstić information content (AvgIpc) is 3.36. The third kappa shape index (κ3) is 5.76. The van der Waals surface area contributed by atoms with E-state index in [1.54, 1.807) is 30.5 Å². The molecule has 1 saturated heterocycles. The smallest absolute Gasteiger partial charge is 0.261 e. The summed E-state index contributed by atoms with van der Waals surface area (Å²) in [5.41, 5.74) is 0.672. The number of anilines is 1. The van der Waals surface area contributed by atoms with Crippen molar-refractivity contribution in [1.82, 2.24) is 10.2 Å². The van der Waals surface area contributed by atoms with Crippen LogP contribution in [0, 0.1) is 0 Å². The lowest BCUT2D eigenvalue weighted by molar-refractivity contribution is 0.0914. The van der Waals surface area contributed by atoms with Gasteiger partial charge >= 0.3 is 0 Å². The summed E-state index contributed by atoms with van der Waals surface area (Å²) in [6.45, 7) is 2.33. The first kappa shape index (κ1) is 23.4. The third-order valence-corrected chi connectivity index (χ3v) is 7.41. The highest BCUT2D eigenvalue weighted by Crippen LogP contribution is 2.26. The quantitative estimate of drug-likeness (QED) is 0.481. The van der Waals surface area contributed by atoms with Gasteiger partial charge < -0.3 is 9.73 Å². The van der Waals surface area contributed by atoms with E-state index in [-0.39, 0.29) is 16.8 Å². The van der Waals surface area contributed by atoms with E-state index in [2.05, 4.69) is 14.9 Å². The van der Waals surface area contributed by atoms with Crippen LogP contribution < -0.4 is 10.0 Å². The molecule has 2 aromatic carbocycles. The van der Waals surface area contributed by atoms with Crippen molar-refractivity contribution >= 4 is 33.2 Å². The first-order valence-electron chi connectivity index (χ1n) is 10.9. The monoisotopic (exact) mass is 487 g/mol. The van der Waals surface area contributed by atoms with Gasteiger partial charge in [-0.05, 0) is 74.5 Å². The second-order valence-corrected chi connectivity index (χ2v) is 10.0. The van der Waals surface area contributed by atoms with Gasteiger partial charge in [0, 0.05) is 12.1 Å². The zero-order chi connectivity index (χ0) is 23.3. The van der Waals surface area contributed by atoms with Gasteiger partial charge in [-0.2, -0.15) is 0 Å². The van der Waals surface area contributed by atoms with Gasteiger partial charge in [0.1, 0.15) is 5.76 Å². The fraction of sp³-hybridized carbons (Fsp3) is 0.292. The standard InChI is InChI=1S/C24H26ClN3O4S/c25-20-7-2-3-8-21(20)27-33(30,31)19-12-10-18(11-13-19)24(29)26-17-22(23-9-6-16-32-23)28-14-4-1-5-15-28/h2-3,6-13,16,22,27H,1,4-5,14-15,17H2,(H,26,29)/t22-/m0/s1. The normalized spacial score (nSPS) is 15.7. The number of carbonyl (C=O) groups is 1. The number of nitrogens with one attached hydrogen (secondary N) is 2. The fourth-order valence-corrected chi connectivity index (χ4v) is 5.26. The Kier molecular flexibility index (Phi) is 7.37. The summed E-state index contributed by atoms with van der Waals surface area (Å²) in [5.74, 6) is 0.552. The number of hydrogen-bond donors (Lipinski definition) is 2. The molecular weight excluding hydrogens is 462 g/mol. The van der Waals surface area contributed by atoms with Crippen LogP contribution in [0.5, 0.6) is 0 Å². The van der Waals surface area contributed by atoms with Crippen LogP contribution in [0.3, 0.4) is 0 Å². The summed E-state index contributed by atoms with van der Waals surface area (Å²) in [6, 6.07) is 16.1. The number of hydrogen-bond acceptors (Lipinski definition) is 5. The molecule has 174 valence electrons. The Labute approximate surface area is 198 Å². The Morgan fingerprint density at radius 2 is 1.73 bits per heavy atom. The molecule has 0 unspecified atom stereocenters. The Morgan fingerprint density at radius 1 is 1.00 bits per heavy atom. The van der Waals surface area contributed by atoms with Gasteiger partial charge in [0.2, 0.25) is 0 Å². The zero-order valence-corrected chi connectivity index (χ0v) is 19.6. The highest BCUT2D eigenvalue weighted by molar-refractivity contribution is 7.92. The van der Waals surface area contributed by atoms with E-state index in [0.29, 0.717) is 22.8 Å². The minimum absolute atomic E-state index is 0.0382. The lowest BCUT2D eigenvalue weighted by Gasteiger charge is -2.33. The number of nitrogens with zero attached hydrogens (tertiary/aromatic N) is 1. The zero-order valence-electron chi connectivity index (χ0n) is 18.0. The molecule has 3 aromatic rings. The van der Waals surface area contributed by atoms with Crippen LogP contribution >= 0.6 is 11.6 Å². The first-order chi connectivity index (χ1) is 15.9. The fourth-order valence-electron chi connectivity index (χ4n) is 3.95. The molecule has 0 radical (unpaired) electrons. The highest BCUT2D eigenvalue weighted by Gasteiger charge is 2.25. The molecule has 1 aromatic heterocycles. The Balaban J connectivity index is 1.42. The van der Waals surface area contributed by atoms with Crippen LogP contribution in [0.15, 0.2) is 76.2 Å². The molecule has 0 aliphatic carbocycles. The van der Waals surface area contributed by atoms with E-state index in [4.69, 9.17) is 16.0 Å². The Bertz CT molecular complexity index is 1170. The predicted molar refractivity (Wildman–Crippen MR) is 128 cm³/mol. The summed E-state index contributed by atoms with van der Waals surface area (Å²) in [6.07, 6.45) is 5.12. The maximum Gasteiger partial charge on any atom is 0.261 e. The van der Waals surface area contributed by atoms with Crippen LogP contribution in [0.25, 0.3) is 0 Å². The Morgan fingerprint density at radius 3 is 2.39 bits per heavy atom. The number of likely N-dealkylation sites (tertiary alicyclic amines) is 1. The molecule has 1 amide bonds. The van der Waals surface area contributed by atoms with Crippen molar-refractivity contribution in [2.45, 2.75) is 30.2 Å². The van der Waals surface area contributed by atoms with Gasteiger partial charge in [0.25, 0.3) is 15.9 Å². The van der Waals surface area contributed by atoms with Crippen molar-refractivity contribution in [2.24, 2.45) is 0 Å². The SMILES string of the molecule is O=C(NC[C@@H](c1ccco1)N1CCCCC1)c1ccc(S(=O)(=O)Nc2ccccc2Cl)cc1. The minimum atomic E-state index is -3.83. The average molecular weight is 488 g/mol. The summed E-state index contributed by atoms with van der Waals surface area (Å²) in [4.78, 5) is 15.1. The predicted octanol–water partition coefficient (Wildman–Crippen LogP) is 4.69. The number of piperidine rings is 1. The lowest BCUT2D eigenvalue weighted by Crippen LogP contribution is -2.40. The maximum absolute atomic E-state index is 12.8. The molecule has 0 spiro atoms. The molecule has 1 atom stereocenters. The van der Waals surface area contributed by atoms with Crippen molar-refractivity contribution in [2.75, 3.05) is 24.4 Å². The van der Waals surface area contributed by atoms with Gasteiger partial charge in [0.05, 0.1) is 27.9 Å². The summed E-state index contributed by atoms with van der Waals surface area (Å²) in [7, 11) is -3.83. The van der Waals surface area contributed by atoms with Crippen LogP contribution in [-0.4, -0.2) is 38.9 Å². The molecule has 0 bridgehead atoms. The topological polar surface area (TPSA) is 91.7 Å². The van der Waals surface area contributed by atoms with Gasteiger partial charge in [-0.3, -0.25) is 14.4 Å². The summed E-state index contributed by atoms with van der Waals surface area (Å²) < 4.78 is 33.4. The van der Waals surface area contributed by atoms with Crippen molar-refractivity contribution in [3.05, 3.63) is 83.3 Å². The molecule has 33 heavy (non-hydrogen) atoms. The summed E-state index contributed by atoms with van der Waals surface area (Å²) >= 11 is 6.05. The number of rotatable bonds is 8. The number of para-hydroxylation sites is 1. The lowest BCUT2D eigenvalue weighted by atomic mass is 10.1. The number of carbonyl (C=O) groups excluding carboxylic acids is 1. The minimum Gasteiger partial charge on any atom is -0.468 e. The van der Waals surface area contributed by atoms with E-state index < -0.39 is 10.0 Å². The second kappa shape index (κ2) is 10.4. The molecule has 1 fully saturated rings. The number of benzene rings is 2. The number of furan rings is 1. The van der Waals surface area contributed by atoms with Crippen molar-refractivity contribution < 1.29 is 17.6 Å². The molecule has 4 rings (SSSR count). The summed E-state index contributed by atoms with van der Waals surface area (Å²) in [5, 5.41) is 3.27. The molecule has 9 heteroatoms. The van der Waals surface area contributed by atoms with Crippen LogP contribution in [0.2, 0.25) is 5.02 Å². The third-order valence-electron chi connectivity index (χ3n) is 5.70. The van der Waals surface area contributed by atoms with Gasteiger partial charge in [-0.1, -0.05) is 30.2 Å². The van der Waals surface area contributed by atoms with E-state index in [9.17, 15) is 13.2 Å². The van der Waals surface area contributed by atoms with Gasteiger partial charge in [-0.25, -0.2) is 8.42 Å². The number of sulfonamides is 1. The van der Waals surface area contributed by atoms with Crippen molar-refractivity contribution in [1.29, 1.82) is 0 Å². The molecule has 2 N–H and O–H groups in total. The molecular formula is C24H26ClN3O4S. The van der Waals surface area contributed by atoms with Crippen LogP contribution in [0.4, 0.5) is 5.69 Å². The van der Waals surface area contributed by atoms with E-state index in [1.807, 2.05) is 12.1 Å². The molecule has 1 aliphatic heterocycles. The number of amides is 1. The second-order valence-electron chi connectivity index (χ2n) is 7.95. The van der Waals surface area contributed by atoms with Crippen molar-refractivity contribution in [3.8, 4) is 0 Å². The molecule has 1 aliphatic rings. The number of halogens is 1. The van der Waals surface area contributed by atoms with Crippen molar-refractivity contribution in [3.63, 3.8) is 0 Å². The first-order valence-corrected chi connectivity index (χ1v) is 12.7. The Hall–Kier alpha value is -2.81. The van der Waals surface area contributed by atoms with Gasteiger partial charge in [-0.15, -0.1) is 0 Å². The highest BCUT2D eigenvalue weighted by atomic mass is 35.5. The van der Waals surface area contributed by atoms with E-state index in [1.165, 1.54) is 30.7 Å². The molecule has 2 heterocycles.